The summed E-state index contributed by atoms with van der Waals surface area (Å²) < 4.78 is 10.3. The van der Waals surface area contributed by atoms with Crippen LogP contribution in [0.5, 0.6) is 0 Å². The Morgan fingerprint density at radius 2 is 1.88 bits per heavy atom. The van der Waals surface area contributed by atoms with Crippen LogP contribution >= 0.6 is 0 Å². The Morgan fingerprint density at radius 1 is 1.25 bits per heavy atom. The van der Waals surface area contributed by atoms with Gasteiger partial charge < -0.3 is 19.3 Å². The quantitative estimate of drug-likeness (QED) is 0.677. The molecule has 1 aliphatic rings. The number of rotatable bonds is 6. The second-order valence-corrected chi connectivity index (χ2v) is 4.65. The van der Waals surface area contributed by atoms with Gasteiger partial charge >= 0.3 is 6.03 Å². The minimum Gasteiger partial charge on any atom is -0.383 e. The lowest BCUT2D eigenvalue weighted by Gasteiger charge is -2.28. The first-order chi connectivity index (χ1) is 7.50. The number of methoxy groups -OCH3 is 2. The Balaban J connectivity index is 2.44. The van der Waals surface area contributed by atoms with Gasteiger partial charge in [-0.1, -0.05) is 0 Å². The number of nitrogens with zero attached hydrogens (tertiary/aromatic N) is 2. The fourth-order valence-corrected chi connectivity index (χ4v) is 1.71. The third-order valence-corrected chi connectivity index (χ3v) is 2.87. The van der Waals surface area contributed by atoms with Gasteiger partial charge in [0.15, 0.2) is 0 Å². The van der Waals surface area contributed by atoms with E-state index in [2.05, 4.69) is 0 Å². The molecule has 0 aromatic rings. The van der Waals surface area contributed by atoms with Gasteiger partial charge in [-0.25, -0.2) is 4.79 Å². The zero-order chi connectivity index (χ0) is 12.2. The fraction of sp³-hybridized carbons (Fsp3) is 0.909. The van der Waals surface area contributed by atoms with Crippen LogP contribution in [0.15, 0.2) is 0 Å². The average molecular weight is 230 g/mol. The normalized spacial score (nSPS) is 17.4. The number of hydrogen-bond acceptors (Lipinski definition) is 3. The Bertz CT molecular complexity index is 243. The van der Waals surface area contributed by atoms with Crippen molar-refractivity contribution in [3.63, 3.8) is 0 Å². The van der Waals surface area contributed by atoms with Crippen molar-refractivity contribution in [3.8, 4) is 0 Å². The fourth-order valence-electron chi connectivity index (χ4n) is 1.71. The standard InChI is InChI=1S/C11H22N2O3/c1-11(2,16-4)9-13-6-5-12(10(13)14)7-8-15-3/h5-9H2,1-4H3. The summed E-state index contributed by atoms with van der Waals surface area (Å²) >= 11 is 0. The second-order valence-electron chi connectivity index (χ2n) is 4.65. The van der Waals surface area contributed by atoms with Crippen molar-refractivity contribution in [2.24, 2.45) is 0 Å². The summed E-state index contributed by atoms with van der Waals surface area (Å²) in [6.07, 6.45) is 0. The summed E-state index contributed by atoms with van der Waals surface area (Å²) in [6.45, 7) is 7.41. The molecule has 0 saturated carbocycles. The van der Waals surface area contributed by atoms with Crippen LogP contribution in [0.3, 0.4) is 0 Å². The molecular weight excluding hydrogens is 208 g/mol. The molecule has 16 heavy (non-hydrogen) atoms. The zero-order valence-corrected chi connectivity index (χ0v) is 10.7. The zero-order valence-electron chi connectivity index (χ0n) is 10.7. The smallest absolute Gasteiger partial charge is 0.320 e. The van der Waals surface area contributed by atoms with Gasteiger partial charge in [0.1, 0.15) is 0 Å². The molecule has 0 spiro atoms. The highest BCUT2D eigenvalue weighted by molar-refractivity contribution is 5.76. The van der Waals surface area contributed by atoms with Crippen LogP contribution in [-0.2, 0) is 9.47 Å². The SMILES string of the molecule is COCCN1CCN(CC(C)(C)OC)C1=O. The monoisotopic (exact) mass is 230 g/mol. The molecule has 0 aromatic heterocycles. The first-order valence-electron chi connectivity index (χ1n) is 5.58. The van der Waals surface area contributed by atoms with E-state index in [1.54, 1.807) is 14.2 Å². The molecule has 0 unspecified atom stereocenters. The van der Waals surface area contributed by atoms with Crippen LogP contribution in [0.4, 0.5) is 4.79 Å². The van der Waals surface area contributed by atoms with Gasteiger partial charge in [0.25, 0.3) is 0 Å². The summed E-state index contributed by atoms with van der Waals surface area (Å²) in [5, 5.41) is 0. The first kappa shape index (κ1) is 13.3. The highest BCUT2D eigenvalue weighted by Crippen LogP contribution is 2.15. The van der Waals surface area contributed by atoms with Crippen molar-refractivity contribution in [3.05, 3.63) is 0 Å². The van der Waals surface area contributed by atoms with Crippen molar-refractivity contribution in [1.82, 2.24) is 9.80 Å². The van der Waals surface area contributed by atoms with Gasteiger partial charge in [0.05, 0.1) is 18.8 Å². The molecule has 5 nitrogen and oxygen atoms in total. The number of hydrogen-bond donors (Lipinski definition) is 0. The van der Waals surface area contributed by atoms with Gasteiger partial charge in [0.2, 0.25) is 0 Å². The molecule has 1 heterocycles. The van der Waals surface area contributed by atoms with Crippen LogP contribution in [0.25, 0.3) is 0 Å². The van der Waals surface area contributed by atoms with Crippen molar-refractivity contribution >= 4 is 6.03 Å². The van der Waals surface area contributed by atoms with E-state index in [0.717, 1.165) is 13.1 Å². The summed E-state index contributed by atoms with van der Waals surface area (Å²) in [4.78, 5) is 15.6. The van der Waals surface area contributed by atoms with Crippen LogP contribution in [-0.4, -0.2) is 68.4 Å². The molecule has 0 radical (unpaired) electrons. The first-order valence-corrected chi connectivity index (χ1v) is 5.58. The van der Waals surface area contributed by atoms with E-state index in [-0.39, 0.29) is 11.6 Å². The molecule has 0 bridgehead atoms. The van der Waals surface area contributed by atoms with Crippen molar-refractivity contribution in [2.45, 2.75) is 19.4 Å². The van der Waals surface area contributed by atoms with Crippen molar-refractivity contribution in [1.29, 1.82) is 0 Å². The van der Waals surface area contributed by atoms with Gasteiger partial charge in [-0.15, -0.1) is 0 Å². The second kappa shape index (κ2) is 5.50. The van der Waals surface area contributed by atoms with Gasteiger partial charge in [-0.05, 0) is 13.8 Å². The Morgan fingerprint density at radius 3 is 2.44 bits per heavy atom. The number of carbonyl (C=O) groups excluding carboxylic acids is 1. The van der Waals surface area contributed by atoms with E-state index in [0.29, 0.717) is 19.7 Å². The maximum atomic E-state index is 11.9. The minimum absolute atomic E-state index is 0.0853. The van der Waals surface area contributed by atoms with E-state index >= 15 is 0 Å². The van der Waals surface area contributed by atoms with Gasteiger partial charge in [-0.2, -0.15) is 0 Å². The summed E-state index contributed by atoms with van der Waals surface area (Å²) in [7, 11) is 3.32. The predicted octanol–water partition coefficient (Wildman–Crippen LogP) is 0.795. The molecule has 1 fully saturated rings. The maximum absolute atomic E-state index is 11.9. The average Bonchev–Trinajstić information content (AvgIpc) is 2.57. The molecule has 1 saturated heterocycles. The third kappa shape index (κ3) is 3.35. The van der Waals surface area contributed by atoms with Crippen LogP contribution in [0.1, 0.15) is 13.8 Å². The summed E-state index contributed by atoms with van der Waals surface area (Å²) in [5.74, 6) is 0. The lowest BCUT2D eigenvalue weighted by molar-refractivity contribution is 0.00374. The molecule has 0 aromatic carbocycles. The van der Waals surface area contributed by atoms with Crippen molar-refractivity contribution in [2.75, 3.05) is 47.0 Å². The van der Waals surface area contributed by atoms with Crippen LogP contribution < -0.4 is 0 Å². The molecule has 0 atom stereocenters. The number of ether oxygens (including phenoxy) is 2. The highest BCUT2D eigenvalue weighted by Gasteiger charge is 2.32. The van der Waals surface area contributed by atoms with Crippen LogP contribution in [0.2, 0.25) is 0 Å². The van der Waals surface area contributed by atoms with Crippen LogP contribution in [0, 0.1) is 0 Å². The molecule has 0 N–H and O–H groups in total. The molecular formula is C11H22N2O3. The molecule has 2 amide bonds. The van der Waals surface area contributed by atoms with E-state index in [4.69, 9.17) is 9.47 Å². The molecule has 5 heteroatoms. The predicted molar refractivity (Wildman–Crippen MR) is 61.5 cm³/mol. The number of carbonyl (C=O) groups is 1. The molecule has 0 aliphatic carbocycles. The third-order valence-electron chi connectivity index (χ3n) is 2.87. The largest absolute Gasteiger partial charge is 0.383 e. The molecule has 1 aliphatic heterocycles. The lowest BCUT2D eigenvalue weighted by Crippen LogP contribution is -2.42. The summed E-state index contributed by atoms with van der Waals surface area (Å²) in [5.41, 5.74) is -0.285. The van der Waals surface area contributed by atoms with E-state index in [1.807, 2.05) is 23.6 Å². The number of urea groups is 1. The van der Waals surface area contributed by atoms with Crippen molar-refractivity contribution < 1.29 is 14.3 Å². The topological polar surface area (TPSA) is 42.0 Å². The maximum Gasteiger partial charge on any atom is 0.320 e. The molecule has 1 rings (SSSR count). The minimum atomic E-state index is -0.285. The number of amides is 2. The highest BCUT2D eigenvalue weighted by atomic mass is 16.5. The Hall–Kier alpha value is -0.810. The lowest BCUT2D eigenvalue weighted by atomic mass is 10.1. The van der Waals surface area contributed by atoms with Gasteiger partial charge in [0, 0.05) is 33.9 Å². The Labute approximate surface area is 97.3 Å². The van der Waals surface area contributed by atoms with E-state index in [1.165, 1.54) is 0 Å². The van der Waals surface area contributed by atoms with E-state index in [9.17, 15) is 4.79 Å². The summed E-state index contributed by atoms with van der Waals surface area (Å²) in [6, 6.07) is 0.0853. The molecule has 94 valence electrons. The van der Waals surface area contributed by atoms with Gasteiger partial charge in [-0.3, -0.25) is 0 Å². The Kier molecular flexibility index (Phi) is 4.56. The van der Waals surface area contributed by atoms with E-state index < -0.39 is 0 Å².